The molecule has 2 aromatic carbocycles. The Labute approximate surface area is 400 Å². The molecule has 0 unspecified atom stereocenters. The monoisotopic (exact) mass is 899 g/mol. The predicted molar refractivity (Wildman–Crippen MR) is 248 cm³/mol. The molecule has 0 spiro atoms. The summed E-state index contributed by atoms with van der Waals surface area (Å²) in [5.41, 5.74) is 9.81. The molecule has 0 bridgehead atoms. The molecule has 0 aliphatic carbocycles. The number of benzene rings is 2. The van der Waals surface area contributed by atoms with Gasteiger partial charge in [-0.3, -0.25) is 9.59 Å². The van der Waals surface area contributed by atoms with Crippen molar-refractivity contribution in [2.24, 2.45) is 5.73 Å². The first-order valence-electron chi connectivity index (χ1n) is 20.2. The van der Waals surface area contributed by atoms with Crippen molar-refractivity contribution in [1.82, 2.24) is 14.6 Å². The van der Waals surface area contributed by atoms with Crippen molar-refractivity contribution < 1.29 is 68.2 Å². The van der Waals surface area contributed by atoms with E-state index in [9.17, 15) is 24.2 Å². The van der Waals surface area contributed by atoms with E-state index in [4.69, 9.17) is 5.73 Å². The zero-order chi connectivity index (χ0) is 45.0. The molecule has 62 heavy (non-hydrogen) atoms. The standard InChI is InChI=1S/C19H28BN3OS.C12H16N2O.C6H9NS.C4H6O4.C2H3BO2.Na/c1-20(24)23(10-9-18-7-5-15-25-18)16-17-6-3-4-8-19(17)22-13-11-21(2)12-14-22;1-13-6-8-14(9-7-13)12-5-3-2-4-11(12)10-15;7-4-3-6-2-1-5-8-6;1-3(5)7-8-4(2)6;1-2(4)5-3;/h3-8,15,24H,9-14,16H2,1-2H3;2-5,10H,6-9H2,1H3;1-2,5H,3-4,7H2;1-2H3;1H3;/q;;;;-1;+1. The smallest absolute Gasteiger partial charge is 0.793 e. The fraction of sp³-hybridized carbons (Fsp3) is 0.442. The van der Waals surface area contributed by atoms with Crippen molar-refractivity contribution in [3.05, 3.63) is 104 Å². The number of nitrogens with zero attached hydrogens (tertiary/aromatic N) is 5. The van der Waals surface area contributed by atoms with E-state index in [1.165, 1.54) is 27.9 Å². The summed E-state index contributed by atoms with van der Waals surface area (Å²) in [5.74, 6) is -1.74. The van der Waals surface area contributed by atoms with Gasteiger partial charge in [-0.1, -0.05) is 42.5 Å². The Hall–Kier alpha value is -3.55. The van der Waals surface area contributed by atoms with Crippen molar-refractivity contribution in [3.8, 4) is 0 Å². The van der Waals surface area contributed by atoms with Crippen LogP contribution in [0.4, 0.5) is 11.4 Å². The van der Waals surface area contributed by atoms with Crippen LogP contribution in [0.3, 0.4) is 0 Å². The molecule has 3 N–H and O–H groups in total. The Morgan fingerprint density at radius 2 is 1.19 bits per heavy atom. The Morgan fingerprint density at radius 3 is 1.61 bits per heavy atom. The van der Waals surface area contributed by atoms with E-state index in [-0.39, 0.29) is 29.6 Å². The minimum absolute atomic E-state index is 0. The first kappa shape index (κ1) is 56.5. The third kappa shape index (κ3) is 23.8. The third-order valence-corrected chi connectivity index (χ3v) is 11.2. The summed E-state index contributed by atoms with van der Waals surface area (Å²) in [6.07, 6.45) is 2.95. The van der Waals surface area contributed by atoms with Crippen LogP contribution in [0.1, 0.15) is 46.4 Å². The van der Waals surface area contributed by atoms with Crippen LogP contribution in [0, 0.1) is 0 Å². The molecule has 2 saturated heterocycles. The Morgan fingerprint density at radius 1 is 0.742 bits per heavy atom. The number of aldehydes is 1. The fourth-order valence-electron chi connectivity index (χ4n) is 5.96. The summed E-state index contributed by atoms with van der Waals surface area (Å²) >= 11 is 3.56. The van der Waals surface area contributed by atoms with Gasteiger partial charge in [-0.2, -0.15) is 0 Å². The van der Waals surface area contributed by atoms with Gasteiger partial charge in [-0.05, 0) is 93.5 Å². The number of thiophene rings is 2. The number of hydrogen-bond donors (Lipinski definition) is 2. The maximum Gasteiger partial charge on any atom is 1.00 e. The van der Waals surface area contributed by atoms with Gasteiger partial charge in [0.05, 0.1) is 0 Å². The van der Waals surface area contributed by atoms with Crippen LogP contribution < -0.4 is 45.1 Å². The van der Waals surface area contributed by atoms with Gasteiger partial charge < -0.3 is 47.9 Å². The van der Waals surface area contributed by atoms with Crippen molar-refractivity contribution >= 4 is 73.3 Å². The molecule has 14 nitrogen and oxygen atoms in total. The van der Waals surface area contributed by atoms with Crippen LogP contribution in [-0.4, -0.2) is 138 Å². The topological polar surface area (TPSA) is 158 Å². The van der Waals surface area contributed by atoms with E-state index in [2.05, 4.69) is 120 Å². The fourth-order valence-corrected chi connectivity index (χ4v) is 7.39. The minimum Gasteiger partial charge on any atom is -0.793 e. The Bertz CT molecular complexity index is 1800. The second-order valence-corrected chi connectivity index (χ2v) is 16.3. The SMILES string of the molecule is CB(O)N(CCc1cccs1)Cc1ccccc1N1CCN(C)CC1.CC(=O)OOC(C)=O.CN1CCN(c2ccccc2C=O)CC1.NCCc1cccs1.[B-]OC(C)=O.[Na+]. The molecule has 2 aromatic heterocycles. The number of nitrogens with two attached hydrogens (primary N) is 1. The Kier molecular flexibility index (Phi) is 30.1. The molecular weight excluding hydrogens is 837 g/mol. The molecule has 0 atom stereocenters. The molecule has 0 saturated carbocycles. The van der Waals surface area contributed by atoms with E-state index in [0.29, 0.717) is 0 Å². The quantitative estimate of drug-likeness (QED) is 0.0973. The second kappa shape index (κ2) is 33.0. The summed E-state index contributed by atoms with van der Waals surface area (Å²) in [6.45, 7) is 16.3. The summed E-state index contributed by atoms with van der Waals surface area (Å²) in [6, 6.07) is 24.9. The number of hydrogen-bond acceptors (Lipinski definition) is 16. The van der Waals surface area contributed by atoms with Gasteiger partial charge in [0.15, 0.2) is 6.29 Å². The maximum absolute atomic E-state index is 10.9. The first-order valence-corrected chi connectivity index (χ1v) is 21.9. The second-order valence-electron chi connectivity index (χ2n) is 14.2. The third-order valence-electron chi connectivity index (χ3n) is 9.28. The molecule has 6 rings (SSSR count). The van der Waals surface area contributed by atoms with Gasteiger partial charge in [0, 0.05) is 106 Å². The molecule has 19 heteroatoms. The van der Waals surface area contributed by atoms with E-state index < -0.39 is 25.0 Å². The van der Waals surface area contributed by atoms with E-state index in [1.54, 1.807) is 22.7 Å². The molecule has 2 aliphatic heterocycles. The maximum atomic E-state index is 10.9. The zero-order valence-electron chi connectivity index (χ0n) is 37.4. The number of para-hydroxylation sites is 2. The molecule has 4 aromatic rings. The normalized spacial score (nSPS) is 13.5. The molecule has 4 heterocycles. The van der Waals surface area contributed by atoms with Gasteiger partial charge >= 0.3 is 48.5 Å². The van der Waals surface area contributed by atoms with Crippen LogP contribution in [0.2, 0.25) is 6.82 Å². The van der Waals surface area contributed by atoms with Crippen molar-refractivity contribution in [3.63, 3.8) is 0 Å². The van der Waals surface area contributed by atoms with Crippen LogP contribution >= 0.6 is 22.7 Å². The van der Waals surface area contributed by atoms with Crippen molar-refractivity contribution in [1.29, 1.82) is 0 Å². The summed E-state index contributed by atoms with van der Waals surface area (Å²) in [7, 11) is 8.19. The van der Waals surface area contributed by atoms with Crippen molar-refractivity contribution in [2.75, 3.05) is 89.3 Å². The van der Waals surface area contributed by atoms with Crippen molar-refractivity contribution in [2.45, 2.75) is 47.0 Å². The number of carbonyl (C=O) groups excluding carboxylic acids is 4. The average molecular weight is 900 g/mol. The average Bonchev–Trinajstić information content (AvgIpc) is 3.99. The van der Waals surface area contributed by atoms with Gasteiger partial charge in [0.25, 0.3) is 0 Å². The first-order chi connectivity index (χ1) is 29.3. The van der Waals surface area contributed by atoms with Gasteiger partial charge in [0.2, 0.25) is 5.97 Å². The van der Waals surface area contributed by atoms with Gasteiger partial charge in [0.1, 0.15) is 0 Å². The zero-order valence-corrected chi connectivity index (χ0v) is 41.1. The van der Waals surface area contributed by atoms with Crippen LogP contribution in [-0.2, 0) is 48.2 Å². The molecule has 331 valence electrons. The predicted octanol–water partition coefficient (Wildman–Crippen LogP) is 1.82. The largest absolute Gasteiger partial charge is 1.00 e. The van der Waals surface area contributed by atoms with E-state index >= 15 is 0 Å². The number of anilines is 2. The Balaban J connectivity index is 0.000000440. The summed E-state index contributed by atoms with van der Waals surface area (Å²) in [5, 5.41) is 14.4. The van der Waals surface area contributed by atoms with E-state index in [0.717, 1.165) is 116 Å². The molecule has 2 fully saturated rings. The summed E-state index contributed by atoms with van der Waals surface area (Å²) in [4.78, 5) is 62.1. The summed E-state index contributed by atoms with van der Waals surface area (Å²) < 4.78 is 3.61. The van der Waals surface area contributed by atoms with Gasteiger partial charge in [-0.25, -0.2) is 19.4 Å². The minimum atomic E-state index is -0.639. The molecule has 0 amide bonds. The van der Waals surface area contributed by atoms with Crippen LogP contribution in [0.5, 0.6) is 0 Å². The number of rotatable bonds is 11. The number of carbonyl (C=O) groups is 4. The molecule has 3 radical (unpaired) electrons. The van der Waals surface area contributed by atoms with Gasteiger partial charge in [-0.15, -0.1) is 22.7 Å². The molecular formula is C43H62B2N6NaO8S2. The molecule has 2 aliphatic rings. The number of likely N-dealkylation sites (N-methyl/N-ethyl adjacent to an activating group) is 2. The van der Waals surface area contributed by atoms with Crippen LogP contribution in [0.25, 0.3) is 0 Å². The number of piperazine rings is 2. The van der Waals surface area contributed by atoms with Crippen LogP contribution in [0.15, 0.2) is 83.6 Å². The van der Waals surface area contributed by atoms with E-state index in [1.807, 2.05) is 31.1 Å².